The van der Waals surface area contributed by atoms with Crippen molar-refractivity contribution >= 4 is 0 Å². The molecule has 100 valence electrons. The molecular weight excluding hydrogens is 220 g/mol. The first-order valence-corrected chi connectivity index (χ1v) is 7.11. The molecule has 1 saturated heterocycles. The summed E-state index contributed by atoms with van der Waals surface area (Å²) in [5.41, 5.74) is 11.7. The number of aryl methyl sites for hydroxylation is 3. The van der Waals surface area contributed by atoms with Gasteiger partial charge in [0.2, 0.25) is 0 Å². The van der Waals surface area contributed by atoms with Crippen molar-refractivity contribution in [2.75, 3.05) is 19.6 Å². The van der Waals surface area contributed by atoms with E-state index < -0.39 is 0 Å². The van der Waals surface area contributed by atoms with E-state index in [-0.39, 0.29) is 0 Å². The van der Waals surface area contributed by atoms with Gasteiger partial charge in [-0.3, -0.25) is 0 Å². The molecule has 2 nitrogen and oxygen atoms in total. The van der Waals surface area contributed by atoms with Gasteiger partial charge >= 0.3 is 0 Å². The minimum Gasteiger partial charge on any atom is -0.328 e. The van der Waals surface area contributed by atoms with Gasteiger partial charge in [0.1, 0.15) is 0 Å². The fourth-order valence-electron chi connectivity index (χ4n) is 2.74. The third-order valence-electron chi connectivity index (χ3n) is 4.28. The number of hydrogen-bond acceptors (Lipinski definition) is 2. The average Bonchev–Trinajstić information content (AvgIpc) is 2.34. The van der Waals surface area contributed by atoms with E-state index in [9.17, 15) is 0 Å². The van der Waals surface area contributed by atoms with Crippen molar-refractivity contribution in [1.82, 2.24) is 4.90 Å². The number of nitrogens with two attached hydrogens (primary N) is 1. The van der Waals surface area contributed by atoms with E-state index in [1.807, 2.05) is 0 Å². The van der Waals surface area contributed by atoms with E-state index in [4.69, 9.17) is 5.73 Å². The predicted octanol–water partition coefficient (Wildman–Crippen LogP) is 2.58. The number of piperidine rings is 1. The van der Waals surface area contributed by atoms with Crippen molar-refractivity contribution in [1.29, 1.82) is 0 Å². The number of rotatable bonds is 3. The summed E-state index contributed by atoms with van der Waals surface area (Å²) < 4.78 is 0. The normalized spacial score (nSPS) is 18.2. The first kappa shape index (κ1) is 13.6. The van der Waals surface area contributed by atoms with Crippen molar-refractivity contribution < 1.29 is 0 Å². The maximum Gasteiger partial charge on any atom is 0.00631 e. The molecule has 1 aliphatic heterocycles. The summed E-state index contributed by atoms with van der Waals surface area (Å²) in [6.07, 6.45) is 3.49. The van der Waals surface area contributed by atoms with Crippen LogP contribution in [-0.2, 0) is 6.42 Å². The SMILES string of the molecule is Cc1cc(C)c(CCN2CCC(N)CC2)cc1C. The lowest BCUT2D eigenvalue weighted by molar-refractivity contribution is 0.215. The fraction of sp³-hybridized carbons (Fsp3) is 0.625. The molecule has 18 heavy (non-hydrogen) atoms. The van der Waals surface area contributed by atoms with Gasteiger partial charge in [-0.15, -0.1) is 0 Å². The van der Waals surface area contributed by atoms with Crippen LogP contribution in [0, 0.1) is 20.8 Å². The summed E-state index contributed by atoms with van der Waals surface area (Å²) in [6, 6.07) is 5.11. The monoisotopic (exact) mass is 246 g/mol. The van der Waals surface area contributed by atoms with Crippen LogP contribution in [0.2, 0.25) is 0 Å². The third-order valence-corrected chi connectivity index (χ3v) is 4.28. The Morgan fingerprint density at radius 3 is 2.33 bits per heavy atom. The van der Waals surface area contributed by atoms with E-state index >= 15 is 0 Å². The van der Waals surface area contributed by atoms with Crippen LogP contribution in [0.3, 0.4) is 0 Å². The Hall–Kier alpha value is -0.860. The predicted molar refractivity (Wildman–Crippen MR) is 78.0 cm³/mol. The second kappa shape index (κ2) is 5.85. The zero-order chi connectivity index (χ0) is 13.1. The molecule has 2 rings (SSSR count). The lowest BCUT2D eigenvalue weighted by atomic mass is 9.98. The summed E-state index contributed by atoms with van der Waals surface area (Å²) in [5, 5.41) is 0. The molecule has 0 aliphatic carbocycles. The second-order valence-corrected chi connectivity index (χ2v) is 5.79. The molecule has 1 aromatic carbocycles. The Labute approximate surface area is 111 Å². The van der Waals surface area contributed by atoms with Gasteiger partial charge in [0, 0.05) is 12.6 Å². The molecule has 0 bridgehead atoms. The van der Waals surface area contributed by atoms with Crippen LogP contribution in [0.25, 0.3) is 0 Å². The van der Waals surface area contributed by atoms with Crippen LogP contribution in [0.1, 0.15) is 35.1 Å². The highest BCUT2D eigenvalue weighted by Crippen LogP contribution is 2.17. The number of hydrogen-bond donors (Lipinski definition) is 1. The van der Waals surface area contributed by atoms with Crippen molar-refractivity contribution in [3.63, 3.8) is 0 Å². The molecule has 1 fully saturated rings. The van der Waals surface area contributed by atoms with Gasteiger partial charge in [-0.1, -0.05) is 12.1 Å². The van der Waals surface area contributed by atoms with E-state index in [0.29, 0.717) is 6.04 Å². The van der Waals surface area contributed by atoms with Gasteiger partial charge in [0.25, 0.3) is 0 Å². The summed E-state index contributed by atoms with van der Waals surface area (Å²) in [5.74, 6) is 0. The molecule has 0 saturated carbocycles. The van der Waals surface area contributed by atoms with Gasteiger partial charge in [-0.05, 0) is 75.4 Å². The minimum absolute atomic E-state index is 0.435. The molecule has 0 aromatic heterocycles. The van der Waals surface area contributed by atoms with Gasteiger partial charge in [0.05, 0.1) is 0 Å². The van der Waals surface area contributed by atoms with Gasteiger partial charge in [-0.25, -0.2) is 0 Å². The van der Waals surface area contributed by atoms with Crippen molar-refractivity contribution in [3.8, 4) is 0 Å². The molecule has 0 amide bonds. The Kier molecular flexibility index (Phi) is 4.41. The fourth-order valence-corrected chi connectivity index (χ4v) is 2.74. The van der Waals surface area contributed by atoms with Crippen LogP contribution in [0.15, 0.2) is 12.1 Å². The van der Waals surface area contributed by atoms with E-state index in [1.165, 1.54) is 48.3 Å². The van der Waals surface area contributed by atoms with Gasteiger partial charge in [-0.2, -0.15) is 0 Å². The topological polar surface area (TPSA) is 29.3 Å². The maximum absolute atomic E-state index is 5.94. The highest BCUT2D eigenvalue weighted by molar-refractivity contribution is 5.36. The van der Waals surface area contributed by atoms with Crippen LogP contribution < -0.4 is 5.73 Å². The Morgan fingerprint density at radius 1 is 1.06 bits per heavy atom. The summed E-state index contributed by atoms with van der Waals surface area (Å²) in [4.78, 5) is 2.55. The number of likely N-dealkylation sites (tertiary alicyclic amines) is 1. The minimum atomic E-state index is 0.435. The third kappa shape index (κ3) is 3.33. The standard InChI is InChI=1S/C16H26N2/c1-12-10-14(3)15(11-13(12)2)4-7-18-8-5-16(17)6-9-18/h10-11,16H,4-9,17H2,1-3H3. The quantitative estimate of drug-likeness (QED) is 0.888. The molecule has 0 spiro atoms. The molecule has 2 N–H and O–H groups in total. The van der Waals surface area contributed by atoms with Crippen LogP contribution in [0.4, 0.5) is 0 Å². The zero-order valence-electron chi connectivity index (χ0n) is 12.0. The lowest BCUT2D eigenvalue weighted by Crippen LogP contribution is -2.40. The highest BCUT2D eigenvalue weighted by Gasteiger charge is 2.15. The summed E-state index contributed by atoms with van der Waals surface area (Å²) >= 11 is 0. The molecule has 2 heteroatoms. The van der Waals surface area contributed by atoms with E-state index in [2.05, 4.69) is 37.8 Å². The molecule has 1 aromatic rings. The van der Waals surface area contributed by atoms with Crippen molar-refractivity contribution in [2.45, 2.75) is 46.1 Å². The van der Waals surface area contributed by atoms with Crippen LogP contribution in [-0.4, -0.2) is 30.6 Å². The Morgan fingerprint density at radius 2 is 1.67 bits per heavy atom. The van der Waals surface area contributed by atoms with Gasteiger partial charge in [0.15, 0.2) is 0 Å². The Bertz CT molecular complexity index is 404. The molecule has 1 aliphatic rings. The second-order valence-electron chi connectivity index (χ2n) is 5.79. The number of benzene rings is 1. The molecule has 1 heterocycles. The van der Waals surface area contributed by atoms with Crippen molar-refractivity contribution in [3.05, 3.63) is 34.4 Å². The number of nitrogens with zero attached hydrogens (tertiary/aromatic N) is 1. The average molecular weight is 246 g/mol. The molecule has 0 radical (unpaired) electrons. The van der Waals surface area contributed by atoms with Crippen LogP contribution in [0.5, 0.6) is 0 Å². The van der Waals surface area contributed by atoms with Gasteiger partial charge < -0.3 is 10.6 Å². The zero-order valence-corrected chi connectivity index (χ0v) is 12.0. The lowest BCUT2D eigenvalue weighted by Gasteiger charge is -2.30. The first-order chi connectivity index (χ1) is 8.56. The van der Waals surface area contributed by atoms with E-state index in [0.717, 1.165) is 12.8 Å². The van der Waals surface area contributed by atoms with Crippen molar-refractivity contribution in [2.24, 2.45) is 5.73 Å². The van der Waals surface area contributed by atoms with E-state index in [1.54, 1.807) is 0 Å². The molecule has 0 atom stereocenters. The van der Waals surface area contributed by atoms with Crippen LogP contribution >= 0.6 is 0 Å². The molecular formula is C16H26N2. The maximum atomic E-state index is 5.94. The summed E-state index contributed by atoms with van der Waals surface area (Å²) in [6.45, 7) is 10.1. The Balaban J connectivity index is 1.92. The largest absolute Gasteiger partial charge is 0.328 e. The first-order valence-electron chi connectivity index (χ1n) is 7.11. The highest BCUT2D eigenvalue weighted by atomic mass is 15.1. The summed E-state index contributed by atoms with van der Waals surface area (Å²) in [7, 11) is 0. The smallest absolute Gasteiger partial charge is 0.00631 e. The molecule has 0 unspecified atom stereocenters.